The fourth-order valence-electron chi connectivity index (χ4n) is 3.02. The topological polar surface area (TPSA) is 44.1 Å². The monoisotopic (exact) mass is 320 g/mol. The number of fused-ring (bicyclic) bond motifs is 1. The maximum absolute atomic E-state index is 11.8. The molecule has 22 heavy (non-hydrogen) atoms. The number of hydrogen-bond acceptors (Lipinski definition) is 3. The summed E-state index contributed by atoms with van der Waals surface area (Å²) < 4.78 is 7.20. The number of carbonyl (C=O) groups is 1. The molecule has 3 rings (SSSR count). The van der Waals surface area contributed by atoms with Crippen molar-refractivity contribution in [3.63, 3.8) is 0 Å². The van der Waals surface area contributed by atoms with Gasteiger partial charge in [0.15, 0.2) is 0 Å². The highest BCUT2D eigenvalue weighted by atomic mass is 35.5. The first kappa shape index (κ1) is 16.6. The van der Waals surface area contributed by atoms with E-state index in [1.165, 1.54) is 11.1 Å². The van der Waals surface area contributed by atoms with Crippen LogP contribution in [0.1, 0.15) is 34.8 Å². The number of carbonyl (C=O) groups excluding carboxylic acids is 1. The molecule has 0 radical (unpaired) electrons. The van der Waals surface area contributed by atoms with Crippen LogP contribution in [0.15, 0.2) is 36.9 Å². The lowest BCUT2D eigenvalue weighted by molar-refractivity contribution is 0.0526. The lowest BCUT2D eigenvalue weighted by Gasteiger charge is -2.25. The number of esters is 1. The minimum Gasteiger partial charge on any atom is -0.462 e. The number of ether oxygens (including phenoxy) is 1. The van der Waals surface area contributed by atoms with Crippen LogP contribution in [0.2, 0.25) is 0 Å². The number of aromatic nitrogens is 2. The molecular weight excluding hydrogens is 300 g/mol. The standard InChI is InChI=1S/C17H20N2O2.ClH/c1-2-21-17(20)16-6-5-14-9-13(3-4-15(14)10-16)11-19-8-7-18-12-19;/h5-8,10,12-13H,2-4,9,11H2,1H3;1H. The van der Waals surface area contributed by atoms with Crippen molar-refractivity contribution in [1.82, 2.24) is 9.55 Å². The summed E-state index contributed by atoms with van der Waals surface area (Å²) in [5.41, 5.74) is 3.32. The molecule has 1 heterocycles. The van der Waals surface area contributed by atoms with Crippen molar-refractivity contribution in [1.29, 1.82) is 0 Å². The summed E-state index contributed by atoms with van der Waals surface area (Å²) in [6.07, 6.45) is 8.96. The highest BCUT2D eigenvalue weighted by Crippen LogP contribution is 2.27. The quantitative estimate of drug-likeness (QED) is 0.812. The Balaban J connectivity index is 0.00000176. The van der Waals surface area contributed by atoms with Crippen molar-refractivity contribution in [3.8, 4) is 0 Å². The molecule has 1 aromatic heterocycles. The molecule has 1 unspecified atom stereocenters. The van der Waals surface area contributed by atoms with E-state index in [2.05, 4.69) is 15.6 Å². The van der Waals surface area contributed by atoms with Gasteiger partial charge in [0, 0.05) is 18.9 Å². The number of aryl methyl sites for hydroxylation is 1. The van der Waals surface area contributed by atoms with Gasteiger partial charge in [-0.15, -0.1) is 12.4 Å². The number of rotatable bonds is 4. The Morgan fingerprint density at radius 2 is 2.27 bits per heavy atom. The molecule has 5 heteroatoms. The minimum atomic E-state index is -0.221. The van der Waals surface area contributed by atoms with E-state index in [0.29, 0.717) is 18.1 Å². The Morgan fingerprint density at radius 3 is 3.00 bits per heavy atom. The summed E-state index contributed by atoms with van der Waals surface area (Å²) >= 11 is 0. The maximum atomic E-state index is 11.8. The summed E-state index contributed by atoms with van der Waals surface area (Å²) in [4.78, 5) is 15.9. The van der Waals surface area contributed by atoms with Crippen LogP contribution in [0.25, 0.3) is 0 Å². The zero-order valence-electron chi connectivity index (χ0n) is 12.7. The number of benzene rings is 1. The van der Waals surface area contributed by atoms with Crippen LogP contribution in [-0.4, -0.2) is 22.1 Å². The number of hydrogen-bond donors (Lipinski definition) is 0. The minimum absolute atomic E-state index is 0. The van der Waals surface area contributed by atoms with E-state index in [-0.39, 0.29) is 18.4 Å². The fraction of sp³-hybridized carbons (Fsp3) is 0.412. The van der Waals surface area contributed by atoms with Gasteiger partial charge >= 0.3 is 5.97 Å². The molecule has 4 nitrogen and oxygen atoms in total. The van der Waals surface area contributed by atoms with Crippen molar-refractivity contribution < 1.29 is 9.53 Å². The third kappa shape index (κ3) is 3.69. The first-order chi connectivity index (χ1) is 10.3. The molecule has 1 aromatic carbocycles. The Labute approximate surface area is 136 Å². The molecule has 0 saturated heterocycles. The Hall–Kier alpha value is -1.81. The molecule has 0 spiro atoms. The Bertz CT molecular complexity index is 626. The number of halogens is 1. The van der Waals surface area contributed by atoms with E-state index in [9.17, 15) is 4.79 Å². The van der Waals surface area contributed by atoms with E-state index in [4.69, 9.17) is 4.74 Å². The van der Waals surface area contributed by atoms with Crippen LogP contribution < -0.4 is 0 Å². The van der Waals surface area contributed by atoms with E-state index in [1.807, 2.05) is 37.8 Å². The van der Waals surface area contributed by atoms with Gasteiger partial charge in [-0.1, -0.05) is 6.07 Å². The fourth-order valence-corrected chi connectivity index (χ4v) is 3.02. The van der Waals surface area contributed by atoms with Gasteiger partial charge in [0.25, 0.3) is 0 Å². The third-order valence-corrected chi connectivity index (χ3v) is 4.08. The smallest absolute Gasteiger partial charge is 0.338 e. The van der Waals surface area contributed by atoms with Crippen LogP contribution in [0.3, 0.4) is 0 Å². The molecule has 1 aliphatic carbocycles. The summed E-state index contributed by atoms with van der Waals surface area (Å²) in [6.45, 7) is 3.26. The highest BCUT2D eigenvalue weighted by Gasteiger charge is 2.20. The van der Waals surface area contributed by atoms with Gasteiger partial charge < -0.3 is 9.30 Å². The van der Waals surface area contributed by atoms with E-state index >= 15 is 0 Å². The number of imidazole rings is 1. The lowest BCUT2D eigenvalue weighted by atomic mass is 9.83. The molecule has 118 valence electrons. The normalized spacial score (nSPS) is 16.5. The highest BCUT2D eigenvalue weighted by molar-refractivity contribution is 5.89. The molecule has 0 N–H and O–H groups in total. The largest absolute Gasteiger partial charge is 0.462 e. The second kappa shape index (κ2) is 7.45. The van der Waals surface area contributed by atoms with E-state index < -0.39 is 0 Å². The number of nitrogens with zero attached hydrogens (tertiary/aromatic N) is 2. The van der Waals surface area contributed by atoms with Crippen LogP contribution in [-0.2, 0) is 24.1 Å². The van der Waals surface area contributed by atoms with E-state index in [0.717, 1.165) is 25.8 Å². The summed E-state index contributed by atoms with van der Waals surface area (Å²) in [5, 5.41) is 0. The van der Waals surface area contributed by atoms with Crippen LogP contribution in [0.5, 0.6) is 0 Å². The van der Waals surface area contributed by atoms with Gasteiger partial charge in [0.2, 0.25) is 0 Å². The van der Waals surface area contributed by atoms with Gasteiger partial charge in [0.05, 0.1) is 18.5 Å². The van der Waals surface area contributed by atoms with Crippen LogP contribution in [0.4, 0.5) is 0 Å². The first-order valence-corrected chi connectivity index (χ1v) is 7.51. The SMILES string of the molecule is CCOC(=O)c1ccc2c(c1)CCC(Cn1ccnc1)C2.Cl. The van der Waals surface area contributed by atoms with Crippen molar-refractivity contribution in [2.75, 3.05) is 6.61 Å². The molecule has 0 saturated carbocycles. The van der Waals surface area contributed by atoms with Crippen molar-refractivity contribution >= 4 is 18.4 Å². The second-order valence-electron chi connectivity index (χ2n) is 5.57. The van der Waals surface area contributed by atoms with Crippen molar-refractivity contribution in [2.24, 2.45) is 5.92 Å². The van der Waals surface area contributed by atoms with Crippen LogP contribution >= 0.6 is 12.4 Å². The van der Waals surface area contributed by atoms with Gasteiger partial charge in [-0.25, -0.2) is 9.78 Å². The Kier molecular flexibility index (Phi) is 5.61. The average molecular weight is 321 g/mol. The maximum Gasteiger partial charge on any atom is 0.338 e. The van der Waals surface area contributed by atoms with Gasteiger partial charge in [-0.3, -0.25) is 0 Å². The van der Waals surface area contributed by atoms with Crippen LogP contribution in [0, 0.1) is 5.92 Å². The van der Waals surface area contributed by atoms with Crippen molar-refractivity contribution in [3.05, 3.63) is 53.6 Å². The zero-order valence-corrected chi connectivity index (χ0v) is 13.5. The predicted octanol–water partition coefficient (Wildman–Crippen LogP) is 3.29. The van der Waals surface area contributed by atoms with Gasteiger partial charge in [-0.05, 0) is 55.4 Å². The molecule has 1 aliphatic rings. The molecule has 0 fully saturated rings. The molecule has 0 bridgehead atoms. The summed E-state index contributed by atoms with van der Waals surface area (Å²) in [7, 11) is 0. The molecule has 0 aliphatic heterocycles. The van der Waals surface area contributed by atoms with E-state index in [1.54, 1.807) is 0 Å². The molecule has 0 amide bonds. The zero-order chi connectivity index (χ0) is 14.7. The predicted molar refractivity (Wildman–Crippen MR) is 87.4 cm³/mol. The second-order valence-corrected chi connectivity index (χ2v) is 5.57. The first-order valence-electron chi connectivity index (χ1n) is 7.51. The third-order valence-electron chi connectivity index (χ3n) is 4.08. The average Bonchev–Trinajstić information content (AvgIpc) is 3.00. The summed E-state index contributed by atoms with van der Waals surface area (Å²) in [5.74, 6) is 0.418. The molecule has 1 atom stereocenters. The molecule has 2 aromatic rings. The van der Waals surface area contributed by atoms with Crippen molar-refractivity contribution in [2.45, 2.75) is 32.7 Å². The summed E-state index contributed by atoms with van der Waals surface area (Å²) in [6, 6.07) is 5.97. The Morgan fingerprint density at radius 1 is 1.41 bits per heavy atom. The lowest BCUT2D eigenvalue weighted by Crippen LogP contribution is -2.19. The van der Waals surface area contributed by atoms with Gasteiger partial charge in [-0.2, -0.15) is 0 Å². The molecular formula is C17H21ClN2O2. The van der Waals surface area contributed by atoms with Gasteiger partial charge in [0.1, 0.15) is 0 Å².